The maximum atomic E-state index is 12.8. The summed E-state index contributed by atoms with van der Waals surface area (Å²) in [7, 11) is 0. The van der Waals surface area contributed by atoms with E-state index in [0.717, 1.165) is 0 Å². The van der Waals surface area contributed by atoms with Gasteiger partial charge in [0, 0.05) is 6.04 Å². The van der Waals surface area contributed by atoms with E-state index < -0.39 is 17.5 Å². The van der Waals surface area contributed by atoms with E-state index in [2.05, 4.69) is 0 Å². The SMILES string of the molecule is CC(C)N1C(=O)C(C)(C)c2cc(N(N)C(N)=O)c(N(N)C(N)=O)cc21. The fourth-order valence-electron chi connectivity index (χ4n) is 2.93. The van der Waals surface area contributed by atoms with Crippen molar-refractivity contribution in [2.75, 3.05) is 14.9 Å². The van der Waals surface area contributed by atoms with Gasteiger partial charge in [-0.3, -0.25) is 4.79 Å². The molecular formula is C15H23N7O3. The first-order valence-corrected chi connectivity index (χ1v) is 7.62. The smallest absolute Gasteiger partial charge is 0.333 e. The summed E-state index contributed by atoms with van der Waals surface area (Å²) >= 11 is 0. The molecule has 0 spiro atoms. The second-order valence-electron chi connectivity index (χ2n) is 6.67. The Balaban J connectivity index is 2.81. The van der Waals surface area contributed by atoms with Gasteiger partial charge in [-0.1, -0.05) is 0 Å². The average Bonchev–Trinajstić information content (AvgIpc) is 2.71. The Labute approximate surface area is 145 Å². The number of primary amides is 2. The minimum Gasteiger partial charge on any atom is -0.350 e. The van der Waals surface area contributed by atoms with Crippen molar-refractivity contribution in [1.29, 1.82) is 0 Å². The molecule has 0 atom stereocenters. The highest BCUT2D eigenvalue weighted by Crippen LogP contribution is 2.47. The average molecular weight is 349 g/mol. The lowest BCUT2D eigenvalue weighted by atomic mass is 9.85. The second kappa shape index (κ2) is 5.90. The van der Waals surface area contributed by atoms with E-state index in [1.165, 1.54) is 12.1 Å². The van der Waals surface area contributed by atoms with Crippen LogP contribution in [0.25, 0.3) is 0 Å². The number of carbonyl (C=O) groups excluding carboxylic acids is 3. The quantitative estimate of drug-likeness (QED) is 0.348. The third-order valence-corrected chi connectivity index (χ3v) is 4.29. The molecule has 5 amide bonds. The topological polar surface area (TPSA) is 165 Å². The van der Waals surface area contributed by atoms with E-state index in [9.17, 15) is 14.4 Å². The van der Waals surface area contributed by atoms with E-state index in [1.54, 1.807) is 18.7 Å². The van der Waals surface area contributed by atoms with Crippen LogP contribution < -0.4 is 38.1 Å². The number of urea groups is 2. The molecule has 0 saturated carbocycles. The zero-order chi connectivity index (χ0) is 19.3. The van der Waals surface area contributed by atoms with Gasteiger partial charge in [-0.15, -0.1) is 0 Å². The van der Waals surface area contributed by atoms with E-state index in [4.69, 9.17) is 23.2 Å². The summed E-state index contributed by atoms with van der Waals surface area (Å²) in [5, 5.41) is 1.30. The molecule has 0 unspecified atom stereocenters. The van der Waals surface area contributed by atoms with Crippen LogP contribution in [0.4, 0.5) is 26.7 Å². The fraction of sp³-hybridized carbons (Fsp3) is 0.400. The molecule has 1 aliphatic heterocycles. The lowest BCUT2D eigenvalue weighted by Crippen LogP contribution is -2.46. The van der Waals surface area contributed by atoms with Gasteiger partial charge in [0.2, 0.25) is 5.91 Å². The Morgan fingerprint density at radius 2 is 1.48 bits per heavy atom. The number of hydrogen-bond donors (Lipinski definition) is 4. The van der Waals surface area contributed by atoms with Gasteiger partial charge in [0.25, 0.3) is 0 Å². The lowest BCUT2D eigenvalue weighted by Gasteiger charge is -2.26. The summed E-state index contributed by atoms with van der Waals surface area (Å²) in [6.45, 7) is 7.26. The number of amides is 5. The molecule has 0 fully saturated rings. The Hall–Kier alpha value is -2.85. The first-order valence-electron chi connectivity index (χ1n) is 7.62. The first-order chi connectivity index (χ1) is 11.4. The predicted molar refractivity (Wildman–Crippen MR) is 94.6 cm³/mol. The Morgan fingerprint density at radius 1 is 1.04 bits per heavy atom. The van der Waals surface area contributed by atoms with Crippen molar-refractivity contribution in [3.8, 4) is 0 Å². The van der Waals surface area contributed by atoms with Gasteiger partial charge in [0.1, 0.15) is 0 Å². The Kier molecular flexibility index (Phi) is 4.36. The molecule has 0 aliphatic carbocycles. The molecule has 136 valence electrons. The molecule has 0 bridgehead atoms. The fourth-order valence-corrected chi connectivity index (χ4v) is 2.93. The van der Waals surface area contributed by atoms with Crippen molar-refractivity contribution < 1.29 is 14.4 Å². The number of anilines is 3. The van der Waals surface area contributed by atoms with E-state index in [1.807, 2.05) is 13.8 Å². The van der Waals surface area contributed by atoms with Gasteiger partial charge in [-0.2, -0.15) is 0 Å². The van der Waals surface area contributed by atoms with Gasteiger partial charge >= 0.3 is 12.1 Å². The molecule has 0 radical (unpaired) electrons. The van der Waals surface area contributed by atoms with Crippen LogP contribution in [0.3, 0.4) is 0 Å². The highest BCUT2D eigenvalue weighted by molar-refractivity contribution is 6.10. The third kappa shape index (κ3) is 2.75. The van der Waals surface area contributed by atoms with Crippen LogP contribution in [0.15, 0.2) is 12.1 Å². The zero-order valence-electron chi connectivity index (χ0n) is 14.6. The number of rotatable bonds is 3. The van der Waals surface area contributed by atoms with E-state index >= 15 is 0 Å². The summed E-state index contributed by atoms with van der Waals surface area (Å²) in [4.78, 5) is 37.4. The molecule has 2 rings (SSSR count). The van der Waals surface area contributed by atoms with Crippen molar-refractivity contribution in [1.82, 2.24) is 0 Å². The molecule has 0 saturated heterocycles. The molecule has 1 aliphatic rings. The molecule has 10 heteroatoms. The highest BCUT2D eigenvalue weighted by atomic mass is 16.2. The van der Waals surface area contributed by atoms with Crippen molar-refractivity contribution in [3.05, 3.63) is 17.7 Å². The standard InChI is InChI=1S/C15H23N7O3/c1-7(2)20-9-6-11(22(19)14(17)25)10(21(18)13(16)24)5-8(9)15(3,4)12(20)23/h5-7H,18-19H2,1-4H3,(H2,16,24)(H2,17,25). The Morgan fingerprint density at radius 3 is 1.88 bits per heavy atom. The van der Waals surface area contributed by atoms with Gasteiger partial charge in [-0.25, -0.2) is 31.3 Å². The molecule has 10 nitrogen and oxygen atoms in total. The van der Waals surface area contributed by atoms with Crippen molar-refractivity contribution in [2.24, 2.45) is 23.2 Å². The molecule has 1 heterocycles. The number of fused-ring (bicyclic) bond motifs is 1. The highest BCUT2D eigenvalue weighted by Gasteiger charge is 2.46. The molecule has 0 aromatic heterocycles. The number of benzene rings is 1. The summed E-state index contributed by atoms with van der Waals surface area (Å²) in [6, 6.07) is 0.987. The molecule has 8 N–H and O–H groups in total. The van der Waals surface area contributed by atoms with Crippen LogP contribution in [0, 0.1) is 0 Å². The van der Waals surface area contributed by atoms with Crippen LogP contribution in [0.2, 0.25) is 0 Å². The molecular weight excluding hydrogens is 326 g/mol. The summed E-state index contributed by atoms with van der Waals surface area (Å²) in [6.07, 6.45) is 0. The van der Waals surface area contributed by atoms with Crippen molar-refractivity contribution in [3.63, 3.8) is 0 Å². The number of carbonyl (C=O) groups is 3. The number of hydrogen-bond acceptors (Lipinski definition) is 5. The van der Waals surface area contributed by atoms with Gasteiger partial charge in [0.15, 0.2) is 0 Å². The van der Waals surface area contributed by atoms with E-state index in [0.29, 0.717) is 21.3 Å². The van der Waals surface area contributed by atoms with Gasteiger partial charge in [-0.05, 0) is 45.4 Å². The van der Waals surface area contributed by atoms with Crippen molar-refractivity contribution >= 4 is 35.0 Å². The third-order valence-electron chi connectivity index (χ3n) is 4.29. The van der Waals surface area contributed by atoms with Crippen LogP contribution >= 0.6 is 0 Å². The van der Waals surface area contributed by atoms with Gasteiger partial charge < -0.3 is 16.4 Å². The minimum absolute atomic E-state index is 0.0590. The lowest BCUT2D eigenvalue weighted by molar-refractivity contribution is -0.122. The monoisotopic (exact) mass is 349 g/mol. The number of hydrazine groups is 2. The number of nitrogens with two attached hydrogens (primary N) is 4. The predicted octanol–water partition coefficient (Wildman–Crippen LogP) is 0.237. The minimum atomic E-state index is -0.959. The van der Waals surface area contributed by atoms with Crippen molar-refractivity contribution in [2.45, 2.75) is 39.2 Å². The summed E-state index contributed by atoms with van der Waals surface area (Å²) in [5.74, 6) is 11.3. The zero-order valence-corrected chi connectivity index (χ0v) is 14.6. The van der Waals surface area contributed by atoms with Gasteiger partial charge in [0.05, 0.1) is 22.5 Å². The van der Waals surface area contributed by atoms with E-state index in [-0.39, 0.29) is 23.3 Å². The second-order valence-corrected chi connectivity index (χ2v) is 6.67. The van der Waals surface area contributed by atoms with Crippen LogP contribution in [-0.4, -0.2) is 24.0 Å². The number of nitrogens with zero attached hydrogens (tertiary/aromatic N) is 3. The molecule has 25 heavy (non-hydrogen) atoms. The van der Waals surface area contributed by atoms with Crippen LogP contribution in [0.1, 0.15) is 33.3 Å². The largest absolute Gasteiger partial charge is 0.350 e. The normalized spacial score (nSPS) is 15.3. The maximum Gasteiger partial charge on any atom is 0.333 e. The Bertz CT molecular complexity index is 760. The van der Waals surface area contributed by atoms with Crippen LogP contribution in [-0.2, 0) is 10.2 Å². The summed E-state index contributed by atoms with van der Waals surface area (Å²) in [5.41, 5.74) is 11.0. The maximum absolute atomic E-state index is 12.8. The van der Waals surface area contributed by atoms with Crippen LogP contribution in [0.5, 0.6) is 0 Å². The molecule has 1 aromatic carbocycles. The first kappa shape index (κ1) is 18.5. The summed E-state index contributed by atoms with van der Waals surface area (Å²) < 4.78 is 0. The molecule has 1 aromatic rings.